The van der Waals surface area contributed by atoms with E-state index in [-0.39, 0.29) is 12.1 Å². The lowest BCUT2D eigenvalue weighted by Gasteiger charge is -2.27. The van der Waals surface area contributed by atoms with Crippen LogP contribution in [0.1, 0.15) is 77.2 Å². The molecule has 1 amide bonds. The molecule has 1 saturated carbocycles. The molecule has 8 heteroatoms. The third-order valence-corrected chi connectivity index (χ3v) is 7.35. The molecule has 2 aromatic heterocycles. The first-order chi connectivity index (χ1) is 19.6. The number of hydrogen-bond acceptors (Lipinski definition) is 5. The minimum Gasteiger partial charge on any atom is -0.444 e. The van der Waals surface area contributed by atoms with E-state index in [2.05, 4.69) is 57.9 Å². The van der Waals surface area contributed by atoms with Crippen LogP contribution in [0.4, 0.5) is 4.79 Å². The van der Waals surface area contributed by atoms with Gasteiger partial charge in [0.05, 0.1) is 36.0 Å². The second-order valence-electron chi connectivity index (χ2n) is 12.1. The van der Waals surface area contributed by atoms with Gasteiger partial charge in [0.15, 0.2) is 0 Å². The molecule has 2 heterocycles. The third-order valence-electron chi connectivity index (χ3n) is 7.35. The van der Waals surface area contributed by atoms with Gasteiger partial charge in [-0.3, -0.25) is 4.90 Å². The van der Waals surface area contributed by atoms with Crippen LogP contribution < -0.4 is 5.32 Å². The highest BCUT2D eigenvalue weighted by atomic mass is 16.6. The van der Waals surface area contributed by atoms with Crippen molar-refractivity contribution < 1.29 is 9.53 Å². The van der Waals surface area contributed by atoms with Gasteiger partial charge in [0, 0.05) is 23.2 Å². The molecule has 0 radical (unpaired) electrons. The van der Waals surface area contributed by atoms with Crippen LogP contribution in [0, 0.1) is 17.8 Å². The first-order valence-corrected chi connectivity index (χ1v) is 14.5. The average molecular weight is 553 g/mol. The summed E-state index contributed by atoms with van der Waals surface area (Å²) in [6.45, 7) is 13.3. The van der Waals surface area contributed by atoms with Crippen LogP contribution in [0.3, 0.4) is 0 Å². The van der Waals surface area contributed by atoms with E-state index < -0.39 is 5.60 Å². The van der Waals surface area contributed by atoms with Gasteiger partial charge >= 0.3 is 6.09 Å². The van der Waals surface area contributed by atoms with Crippen LogP contribution in [-0.4, -0.2) is 48.6 Å². The molecule has 41 heavy (non-hydrogen) atoms. The number of imidazole rings is 2. The van der Waals surface area contributed by atoms with Crippen molar-refractivity contribution in [3.05, 3.63) is 71.4 Å². The van der Waals surface area contributed by atoms with E-state index in [1.807, 2.05) is 69.4 Å². The molecular formula is C33H40N6O2. The molecule has 2 unspecified atom stereocenters. The lowest BCUT2D eigenvalue weighted by molar-refractivity contribution is 0.0203. The maximum atomic E-state index is 12.8. The zero-order valence-corrected chi connectivity index (χ0v) is 24.8. The number of fused-ring (bicyclic) bond motifs is 1. The maximum Gasteiger partial charge on any atom is 0.410 e. The smallest absolute Gasteiger partial charge is 0.410 e. The Hall–Kier alpha value is -4.09. The van der Waals surface area contributed by atoms with Crippen LogP contribution in [-0.2, 0) is 17.8 Å². The fourth-order valence-electron chi connectivity index (χ4n) is 4.64. The maximum absolute atomic E-state index is 12.8. The number of rotatable bonds is 8. The van der Waals surface area contributed by atoms with E-state index >= 15 is 0 Å². The van der Waals surface area contributed by atoms with Gasteiger partial charge in [-0.1, -0.05) is 37.8 Å². The van der Waals surface area contributed by atoms with Crippen molar-refractivity contribution in [2.24, 2.45) is 5.92 Å². The van der Waals surface area contributed by atoms with Crippen LogP contribution in [0.5, 0.6) is 0 Å². The van der Waals surface area contributed by atoms with Gasteiger partial charge < -0.3 is 20.0 Å². The quantitative estimate of drug-likeness (QED) is 0.220. The topological polar surface area (TPSA) is 98.9 Å². The van der Waals surface area contributed by atoms with Crippen LogP contribution >= 0.6 is 0 Å². The van der Waals surface area contributed by atoms with Gasteiger partial charge in [-0.15, -0.1) is 0 Å². The Morgan fingerprint density at radius 3 is 2.51 bits per heavy atom. The molecule has 0 aliphatic heterocycles. The van der Waals surface area contributed by atoms with E-state index in [0.717, 1.165) is 64.5 Å². The summed E-state index contributed by atoms with van der Waals surface area (Å²) in [5.41, 5.74) is 5.17. The first kappa shape index (κ1) is 28.4. The van der Waals surface area contributed by atoms with Gasteiger partial charge in [0.1, 0.15) is 17.2 Å². The Bertz CT molecular complexity index is 1570. The molecule has 8 nitrogen and oxygen atoms in total. The standard InChI is InChI=1S/C33H40N6O2/c1-7-22(3)34-19-30-36-26-15-12-24(17-27(26)37-30)9-8-23-10-13-25(14-11-23)28-18-35-31(38-28)20-39(29-16-21(29)2)32(40)41-33(4,5)6/h10-15,17-18,21-22,29,34H,7,16,19-20H2,1-6H3,(H,35,38)(H,36,37)/t21?,22?,29-/m1/s1. The summed E-state index contributed by atoms with van der Waals surface area (Å²) in [4.78, 5) is 30.6. The number of nitrogens with one attached hydrogen (secondary N) is 3. The molecule has 4 aromatic rings. The van der Waals surface area contributed by atoms with Crippen molar-refractivity contribution in [2.45, 2.75) is 85.2 Å². The predicted molar refractivity (Wildman–Crippen MR) is 162 cm³/mol. The lowest BCUT2D eigenvalue weighted by Crippen LogP contribution is -2.38. The van der Waals surface area contributed by atoms with Crippen molar-refractivity contribution >= 4 is 17.1 Å². The number of aromatic nitrogens is 4. The van der Waals surface area contributed by atoms with Crippen molar-refractivity contribution in [3.8, 4) is 23.1 Å². The normalized spacial score (nSPS) is 17.1. The molecule has 1 aliphatic rings. The molecule has 0 spiro atoms. The average Bonchev–Trinajstić information content (AvgIpc) is 3.30. The second kappa shape index (κ2) is 11.8. The van der Waals surface area contributed by atoms with Gasteiger partial charge in [0.2, 0.25) is 0 Å². The predicted octanol–water partition coefficient (Wildman–Crippen LogP) is 6.39. The number of nitrogens with zero attached hydrogens (tertiary/aromatic N) is 3. The molecule has 3 atom stereocenters. The summed E-state index contributed by atoms with van der Waals surface area (Å²) < 4.78 is 5.65. The van der Waals surface area contributed by atoms with Gasteiger partial charge in [-0.05, 0) is 82.3 Å². The Morgan fingerprint density at radius 2 is 1.83 bits per heavy atom. The summed E-state index contributed by atoms with van der Waals surface area (Å²) in [7, 11) is 0. The molecule has 0 bridgehead atoms. The number of ether oxygens (including phenoxy) is 1. The highest BCUT2D eigenvalue weighted by molar-refractivity contribution is 5.77. The van der Waals surface area contributed by atoms with Crippen molar-refractivity contribution in [1.82, 2.24) is 30.2 Å². The molecule has 1 fully saturated rings. The van der Waals surface area contributed by atoms with E-state index in [9.17, 15) is 4.79 Å². The van der Waals surface area contributed by atoms with Crippen molar-refractivity contribution in [3.63, 3.8) is 0 Å². The minimum atomic E-state index is -0.535. The Labute approximate surface area is 242 Å². The fourth-order valence-corrected chi connectivity index (χ4v) is 4.64. The molecule has 5 rings (SSSR count). The lowest BCUT2D eigenvalue weighted by atomic mass is 10.1. The molecule has 0 saturated heterocycles. The summed E-state index contributed by atoms with van der Waals surface area (Å²) in [5, 5.41) is 3.47. The van der Waals surface area contributed by atoms with Gasteiger partial charge in [-0.25, -0.2) is 14.8 Å². The molecular weight excluding hydrogens is 512 g/mol. The summed E-state index contributed by atoms with van der Waals surface area (Å²) in [5.74, 6) is 8.68. The number of amides is 1. The SMILES string of the molecule is CCC(C)NCc1nc2ccc(C#Cc3ccc(-c4cnc(CN(C(=O)OC(C)(C)C)[C@@H]5CC5C)[nH]4)cc3)cc2[nH]1. The van der Waals surface area contributed by atoms with Crippen LogP contribution in [0.25, 0.3) is 22.3 Å². The van der Waals surface area contributed by atoms with Gasteiger partial charge in [-0.2, -0.15) is 0 Å². The Morgan fingerprint density at radius 1 is 1.12 bits per heavy atom. The van der Waals surface area contributed by atoms with E-state index in [1.54, 1.807) is 4.90 Å². The highest BCUT2D eigenvalue weighted by Gasteiger charge is 2.42. The number of aromatic amines is 2. The van der Waals surface area contributed by atoms with Crippen LogP contribution in [0.2, 0.25) is 0 Å². The van der Waals surface area contributed by atoms with Crippen molar-refractivity contribution in [1.29, 1.82) is 0 Å². The fraction of sp³-hybridized carbons (Fsp3) is 0.424. The molecule has 3 N–H and O–H groups in total. The molecule has 2 aromatic carbocycles. The van der Waals surface area contributed by atoms with Crippen molar-refractivity contribution in [2.75, 3.05) is 0 Å². The number of carbonyl (C=O) groups is 1. The van der Waals surface area contributed by atoms with E-state index in [0.29, 0.717) is 18.5 Å². The number of hydrogen-bond donors (Lipinski definition) is 3. The number of benzene rings is 2. The second-order valence-corrected chi connectivity index (χ2v) is 12.1. The zero-order chi connectivity index (χ0) is 29.1. The van der Waals surface area contributed by atoms with E-state index in [1.165, 1.54) is 0 Å². The summed E-state index contributed by atoms with van der Waals surface area (Å²) >= 11 is 0. The Kier molecular flexibility index (Phi) is 8.18. The monoisotopic (exact) mass is 552 g/mol. The zero-order valence-electron chi connectivity index (χ0n) is 24.8. The largest absolute Gasteiger partial charge is 0.444 e. The number of H-pyrrole nitrogens is 2. The highest BCUT2D eigenvalue weighted by Crippen LogP contribution is 2.36. The minimum absolute atomic E-state index is 0.193. The van der Waals surface area contributed by atoms with E-state index in [4.69, 9.17) is 4.74 Å². The molecule has 1 aliphatic carbocycles. The number of carbonyl (C=O) groups excluding carboxylic acids is 1. The third kappa shape index (κ3) is 7.36. The Balaban J connectivity index is 1.23. The molecule has 214 valence electrons. The first-order valence-electron chi connectivity index (χ1n) is 14.5. The van der Waals surface area contributed by atoms with Crippen LogP contribution in [0.15, 0.2) is 48.7 Å². The van der Waals surface area contributed by atoms with Gasteiger partial charge in [0.25, 0.3) is 0 Å². The summed E-state index contributed by atoms with van der Waals surface area (Å²) in [6.07, 6.45) is 3.59. The summed E-state index contributed by atoms with van der Waals surface area (Å²) in [6, 6.07) is 14.8.